The Balaban J connectivity index is 1.45. The lowest BCUT2D eigenvalue weighted by atomic mass is 9.92. The minimum atomic E-state index is -3.27. The minimum Gasteiger partial charge on any atom is -0.375 e. The predicted octanol–water partition coefficient (Wildman–Crippen LogP) is 2.86. The van der Waals surface area contributed by atoms with E-state index in [1.165, 1.54) is 6.26 Å². The maximum atomic E-state index is 11.9. The maximum absolute atomic E-state index is 11.9. The summed E-state index contributed by atoms with van der Waals surface area (Å²) >= 11 is 0. The molecule has 3 heterocycles. The van der Waals surface area contributed by atoms with Crippen LogP contribution in [-0.4, -0.2) is 62.0 Å². The van der Waals surface area contributed by atoms with Crippen molar-refractivity contribution in [2.24, 2.45) is 0 Å². The summed E-state index contributed by atoms with van der Waals surface area (Å²) in [7, 11) is -3.27. The van der Waals surface area contributed by atoms with Gasteiger partial charge in [0.1, 0.15) is 0 Å². The van der Waals surface area contributed by atoms with E-state index < -0.39 is 9.84 Å². The Labute approximate surface area is 179 Å². The normalized spacial score (nSPS) is 23.1. The van der Waals surface area contributed by atoms with Crippen LogP contribution in [0.3, 0.4) is 0 Å². The Morgan fingerprint density at radius 1 is 1.13 bits per heavy atom. The van der Waals surface area contributed by atoms with Gasteiger partial charge in [0, 0.05) is 43.4 Å². The molecule has 2 fully saturated rings. The summed E-state index contributed by atoms with van der Waals surface area (Å²) in [5.41, 5.74) is 1.52. The summed E-state index contributed by atoms with van der Waals surface area (Å²) < 4.78 is 29.7. The first kappa shape index (κ1) is 21.5. The number of hydrogen-bond donors (Lipinski definition) is 1. The molecule has 0 spiro atoms. The molecule has 2 aliphatic rings. The second kappa shape index (κ2) is 8.05. The number of aryl methyl sites for hydroxylation is 1. The number of ether oxygens (including phenoxy) is 1. The van der Waals surface area contributed by atoms with E-state index in [1.54, 1.807) is 18.2 Å². The van der Waals surface area contributed by atoms with Crippen molar-refractivity contribution in [1.82, 2.24) is 15.3 Å². The topological polar surface area (TPSA) is 84.4 Å². The summed E-state index contributed by atoms with van der Waals surface area (Å²) in [6.45, 7) is 8.88. The molecule has 1 N–H and O–H groups in total. The first-order chi connectivity index (χ1) is 14.1. The van der Waals surface area contributed by atoms with E-state index in [9.17, 15) is 8.42 Å². The van der Waals surface area contributed by atoms with Gasteiger partial charge in [-0.3, -0.25) is 0 Å². The number of piperidine rings is 1. The van der Waals surface area contributed by atoms with Crippen LogP contribution in [-0.2, 0) is 14.6 Å². The van der Waals surface area contributed by atoms with Gasteiger partial charge in [-0.2, -0.15) is 0 Å². The number of anilines is 1. The molecule has 2 aliphatic heterocycles. The molecular weight excluding hydrogens is 400 g/mol. The lowest BCUT2D eigenvalue weighted by Crippen LogP contribution is -2.50. The fourth-order valence-corrected chi connectivity index (χ4v) is 5.22. The average molecular weight is 433 g/mol. The van der Waals surface area contributed by atoms with E-state index in [2.05, 4.69) is 24.1 Å². The van der Waals surface area contributed by atoms with E-state index in [4.69, 9.17) is 14.7 Å². The second-order valence-electron chi connectivity index (χ2n) is 9.29. The van der Waals surface area contributed by atoms with Gasteiger partial charge in [-0.05, 0) is 64.7 Å². The number of sulfone groups is 1. The number of hydrogen-bond acceptors (Lipinski definition) is 7. The third-order valence-corrected chi connectivity index (χ3v) is 7.33. The largest absolute Gasteiger partial charge is 0.375 e. The van der Waals surface area contributed by atoms with Gasteiger partial charge in [-0.1, -0.05) is 0 Å². The van der Waals surface area contributed by atoms with Crippen LogP contribution in [0.25, 0.3) is 10.9 Å². The monoisotopic (exact) mass is 432 g/mol. The lowest BCUT2D eigenvalue weighted by Gasteiger charge is -2.40. The van der Waals surface area contributed by atoms with Crippen LogP contribution in [0.2, 0.25) is 0 Å². The molecule has 1 aromatic heterocycles. The summed E-state index contributed by atoms with van der Waals surface area (Å²) in [6.07, 6.45) is 5.42. The number of benzene rings is 1. The predicted molar refractivity (Wildman–Crippen MR) is 119 cm³/mol. The molecule has 0 aliphatic carbocycles. The highest BCUT2D eigenvalue weighted by Gasteiger charge is 2.31. The minimum absolute atomic E-state index is 0.0437. The van der Waals surface area contributed by atoms with Gasteiger partial charge in [0.15, 0.2) is 9.84 Å². The van der Waals surface area contributed by atoms with Crippen molar-refractivity contribution in [2.75, 3.05) is 30.9 Å². The zero-order chi connectivity index (χ0) is 21.5. The van der Waals surface area contributed by atoms with E-state index in [-0.39, 0.29) is 5.60 Å². The number of aromatic nitrogens is 2. The third kappa shape index (κ3) is 4.76. The molecular formula is C22H32N4O3S. The molecule has 8 heteroatoms. The van der Waals surface area contributed by atoms with Crippen molar-refractivity contribution in [3.8, 4) is 0 Å². The maximum Gasteiger partial charge on any atom is 0.226 e. The van der Waals surface area contributed by atoms with Crippen molar-refractivity contribution in [3.05, 3.63) is 23.9 Å². The Kier molecular flexibility index (Phi) is 5.76. The van der Waals surface area contributed by atoms with E-state index in [0.29, 0.717) is 28.4 Å². The van der Waals surface area contributed by atoms with Crippen LogP contribution in [0.15, 0.2) is 23.1 Å². The molecule has 7 nitrogen and oxygen atoms in total. The highest BCUT2D eigenvalue weighted by molar-refractivity contribution is 7.90. The SMILES string of the molecule is Cc1nc(N2CCC(N[C@@H]3CCOC(C)(C)C3)CC2)nc2cc(S(C)(=O)=O)ccc12. The molecule has 2 aromatic rings. The van der Waals surface area contributed by atoms with Gasteiger partial charge >= 0.3 is 0 Å². The second-order valence-corrected chi connectivity index (χ2v) is 11.3. The standard InChI is InChI=1S/C22H32N4O3S/c1-15-19-6-5-18(30(4,27)28)13-20(19)25-21(23-15)26-10-7-16(8-11-26)24-17-9-12-29-22(2,3)14-17/h5-6,13,16-17,24H,7-12,14H2,1-4H3/t17-/m1/s1. The van der Waals surface area contributed by atoms with Crippen LogP contribution in [0.4, 0.5) is 5.95 Å². The molecule has 2 saturated heterocycles. The van der Waals surface area contributed by atoms with Crippen LogP contribution in [0.5, 0.6) is 0 Å². The molecule has 4 rings (SSSR count). The number of rotatable bonds is 4. The molecule has 1 atom stereocenters. The smallest absolute Gasteiger partial charge is 0.226 e. The van der Waals surface area contributed by atoms with Crippen LogP contribution in [0.1, 0.15) is 45.2 Å². The molecule has 0 amide bonds. The zero-order valence-corrected chi connectivity index (χ0v) is 19.1. The van der Waals surface area contributed by atoms with Gasteiger partial charge in [0.25, 0.3) is 0 Å². The van der Waals surface area contributed by atoms with Crippen molar-refractivity contribution in [2.45, 2.75) is 69.0 Å². The molecule has 0 saturated carbocycles. The van der Waals surface area contributed by atoms with Crippen LogP contribution < -0.4 is 10.2 Å². The van der Waals surface area contributed by atoms with Crippen molar-refractivity contribution in [1.29, 1.82) is 0 Å². The summed E-state index contributed by atoms with van der Waals surface area (Å²) in [5.74, 6) is 0.691. The van der Waals surface area contributed by atoms with Crippen LogP contribution in [0, 0.1) is 6.92 Å². The highest BCUT2D eigenvalue weighted by Crippen LogP contribution is 2.27. The highest BCUT2D eigenvalue weighted by atomic mass is 32.2. The Hall–Kier alpha value is -1.77. The van der Waals surface area contributed by atoms with Crippen molar-refractivity contribution >= 4 is 26.7 Å². The van der Waals surface area contributed by atoms with E-state index in [0.717, 1.165) is 56.5 Å². The van der Waals surface area contributed by atoms with Crippen molar-refractivity contribution in [3.63, 3.8) is 0 Å². The summed E-state index contributed by atoms with van der Waals surface area (Å²) in [5, 5.41) is 4.73. The number of nitrogens with one attached hydrogen (secondary N) is 1. The lowest BCUT2D eigenvalue weighted by molar-refractivity contribution is -0.0644. The Morgan fingerprint density at radius 2 is 1.87 bits per heavy atom. The fourth-order valence-electron chi connectivity index (χ4n) is 4.58. The van der Waals surface area contributed by atoms with Gasteiger partial charge in [0.2, 0.25) is 5.95 Å². The number of fused-ring (bicyclic) bond motifs is 1. The molecule has 30 heavy (non-hydrogen) atoms. The number of nitrogens with zero attached hydrogens (tertiary/aromatic N) is 3. The molecule has 0 bridgehead atoms. The quantitative estimate of drug-likeness (QED) is 0.795. The Morgan fingerprint density at radius 3 is 2.53 bits per heavy atom. The zero-order valence-electron chi connectivity index (χ0n) is 18.3. The van der Waals surface area contributed by atoms with Crippen LogP contribution >= 0.6 is 0 Å². The molecule has 164 valence electrons. The molecule has 1 aromatic carbocycles. The van der Waals surface area contributed by atoms with Gasteiger partial charge in [0.05, 0.1) is 21.7 Å². The van der Waals surface area contributed by atoms with E-state index in [1.807, 2.05) is 6.92 Å². The summed E-state index contributed by atoms with van der Waals surface area (Å²) in [4.78, 5) is 11.9. The fraction of sp³-hybridized carbons (Fsp3) is 0.636. The summed E-state index contributed by atoms with van der Waals surface area (Å²) in [6, 6.07) is 6.10. The van der Waals surface area contributed by atoms with E-state index >= 15 is 0 Å². The average Bonchev–Trinajstić information content (AvgIpc) is 2.66. The van der Waals surface area contributed by atoms with Gasteiger partial charge < -0.3 is 15.0 Å². The van der Waals surface area contributed by atoms with Gasteiger partial charge in [-0.15, -0.1) is 0 Å². The first-order valence-electron chi connectivity index (χ1n) is 10.7. The van der Waals surface area contributed by atoms with Crippen molar-refractivity contribution < 1.29 is 13.2 Å². The molecule has 0 unspecified atom stereocenters. The third-order valence-electron chi connectivity index (χ3n) is 6.22. The van der Waals surface area contributed by atoms with Gasteiger partial charge in [-0.25, -0.2) is 18.4 Å². The Bertz CT molecular complexity index is 1030. The first-order valence-corrected chi connectivity index (χ1v) is 12.6. The molecule has 0 radical (unpaired) electrons.